The van der Waals surface area contributed by atoms with E-state index < -0.39 is 0 Å². The maximum atomic E-state index is 12.0. The number of carbonyl (C=O) groups excluding carboxylic acids is 2. The van der Waals surface area contributed by atoms with Gasteiger partial charge in [-0.25, -0.2) is 0 Å². The first-order valence-electron chi connectivity index (χ1n) is 5.40. The summed E-state index contributed by atoms with van der Waals surface area (Å²) >= 11 is 2.09. The van der Waals surface area contributed by atoms with Crippen molar-refractivity contribution in [1.29, 1.82) is 0 Å². The highest BCUT2D eigenvalue weighted by Crippen LogP contribution is 2.14. The number of carbonyl (C=O) groups is 2. The molecule has 2 aromatic rings. The van der Waals surface area contributed by atoms with Crippen LogP contribution in [0.2, 0.25) is 0 Å². The molecule has 0 aliphatic heterocycles. The summed E-state index contributed by atoms with van der Waals surface area (Å²) in [7, 11) is 0. The standard InChI is InChI=1S/C14H10INO2/c15-11-6-2-1-5-10(11)13(17)9-14(18)12-7-3-4-8-16-12/h1-8H,9H2. The molecule has 0 saturated carbocycles. The maximum Gasteiger partial charge on any atom is 0.188 e. The molecule has 2 rings (SSSR count). The summed E-state index contributed by atoms with van der Waals surface area (Å²) in [6.07, 6.45) is 1.40. The third kappa shape index (κ3) is 3.01. The molecule has 0 bridgehead atoms. The monoisotopic (exact) mass is 351 g/mol. The number of hydrogen-bond donors (Lipinski definition) is 0. The summed E-state index contributed by atoms with van der Waals surface area (Å²) in [5.41, 5.74) is 0.916. The van der Waals surface area contributed by atoms with E-state index in [0.29, 0.717) is 11.3 Å². The largest absolute Gasteiger partial charge is 0.294 e. The van der Waals surface area contributed by atoms with Crippen LogP contribution in [0.3, 0.4) is 0 Å². The van der Waals surface area contributed by atoms with Gasteiger partial charge in [0.1, 0.15) is 5.69 Å². The van der Waals surface area contributed by atoms with Gasteiger partial charge in [-0.05, 0) is 40.8 Å². The number of nitrogens with zero attached hydrogens (tertiary/aromatic N) is 1. The van der Waals surface area contributed by atoms with E-state index in [0.717, 1.165) is 3.57 Å². The van der Waals surface area contributed by atoms with Crippen LogP contribution >= 0.6 is 22.6 Å². The quantitative estimate of drug-likeness (QED) is 0.483. The molecule has 0 atom stereocenters. The molecule has 0 spiro atoms. The number of halogens is 1. The van der Waals surface area contributed by atoms with E-state index in [1.807, 2.05) is 12.1 Å². The lowest BCUT2D eigenvalue weighted by atomic mass is 10.0. The van der Waals surface area contributed by atoms with Crippen LogP contribution in [0.15, 0.2) is 48.7 Å². The van der Waals surface area contributed by atoms with Gasteiger partial charge in [-0.15, -0.1) is 0 Å². The van der Waals surface area contributed by atoms with E-state index in [-0.39, 0.29) is 18.0 Å². The summed E-state index contributed by atoms with van der Waals surface area (Å²) in [5, 5.41) is 0. The van der Waals surface area contributed by atoms with E-state index in [4.69, 9.17) is 0 Å². The summed E-state index contributed by atoms with van der Waals surface area (Å²) in [4.78, 5) is 27.8. The number of Topliss-reactive ketones (excluding diaryl/α,β-unsaturated/α-hetero) is 2. The average molecular weight is 351 g/mol. The highest BCUT2D eigenvalue weighted by molar-refractivity contribution is 14.1. The molecule has 4 heteroatoms. The van der Waals surface area contributed by atoms with E-state index in [9.17, 15) is 9.59 Å². The number of ketones is 2. The molecule has 3 nitrogen and oxygen atoms in total. The Morgan fingerprint density at radius 1 is 1.00 bits per heavy atom. The molecule has 90 valence electrons. The Bertz CT molecular complexity index is 581. The molecule has 0 saturated heterocycles. The van der Waals surface area contributed by atoms with Crippen LogP contribution < -0.4 is 0 Å². The minimum Gasteiger partial charge on any atom is -0.294 e. The Labute approximate surface area is 118 Å². The Morgan fingerprint density at radius 2 is 1.72 bits per heavy atom. The SMILES string of the molecule is O=C(CC(=O)c1ccccc1I)c1ccccn1. The fraction of sp³-hybridized carbons (Fsp3) is 0.0714. The lowest BCUT2D eigenvalue weighted by Crippen LogP contribution is -2.10. The maximum absolute atomic E-state index is 12.0. The molecule has 0 aliphatic carbocycles. The number of aromatic nitrogens is 1. The zero-order valence-electron chi connectivity index (χ0n) is 9.47. The highest BCUT2D eigenvalue weighted by atomic mass is 127. The molecular formula is C14H10INO2. The van der Waals surface area contributed by atoms with Gasteiger partial charge in [0.15, 0.2) is 11.6 Å². The Hall–Kier alpha value is -1.56. The summed E-state index contributed by atoms with van der Waals surface area (Å²) in [6.45, 7) is 0. The number of hydrogen-bond acceptors (Lipinski definition) is 3. The first-order chi connectivity index (χ1) is 8.68. The van der Waals surface area contributed by atoms with Gasteiger partial charge in [0.25, 0.3) is 0 Å². The van der Waals surface area contributed by atoms with Gasteiger partial charge in [-0.3, -0.25) is 14.6 Å². The first kappa shape index (κ1) is 12.9. The van der Waals surface area contributed by atoms with Gasteiger partial charge in [-0.2, -0.15) is 0 Å². The predicted octanol–water partition coefficient (Wildman–Crippen LogP) is 3.14. The molecule has 0 N–H and O–H groups in total. The molecule has 1 aromatic heterocycles. The van der Waals surface area contributed by atoms with Crippen LogP contribution in [0.1, 0.15) is 27.3 Å². The van der Waals surface area contributed by atoms with Crippen molar-refractivity contribution in [3.05, 3.63) is 63.5 Å². The minimum atomic E-state index is -0.250. The molecule has 18 heavy (non-hydrogen) atoms. The lowest BCUT2D eigenvalue weighted by Gasteiger charge is -2.02. The second-order valence-electron chi connectivity index (χ2n) is 3.72. The molecule has 0 radical (unpaired) electrons. The van der Waals surface area contributed by atoms with Gasteiger partial charge < -0.3 is 0 Å². The average Bonchev–Trinajstić information content (AvgIpc) is 2.40. The van der Waals surface area contributed by atoms with Crippen LogP contribution in [0.25, 0.3) is 0 Å². The van der Waals surface area contributed by atoms with E-state index in [1.54, 1.807) is 36.5 Å². The van der Waals surface area contributed by atoms with Gasteiger partial charge in [-0.1, -0.05) is 24.3 Å². The lowest BCUT2D eigenvalue weighted by molar-refractivity contribution is 0.0891. The second-order valence-corrected chi connectivity index (χ2v) is 4.88. The zero-order chi connectivity index (χ0) is 13.0. The van der Waals surface area contributed by atoms with Crippen molar-refractivity contribution >= 4 is 34.2 Å². The summed E-state index contributed by atoms with van der Waals surface area (Å²) in [5.74, 6) is -0.420. The summed E-state index contributed by atoms with van der Waals surface area (Å²) < 4.78 is 0.855. The first-order valence-corrected chi connectivity index (χ1v) is 6.48. The smallest absolute Gasteiger partial charge is 0.188 e. The minimum absolute atomic E-state index is 0.142. The normalized spacial score (nSPS) is 10.1. The molecule has 0 unspecified atom stereocenters. The van der Waals surface area contributed by atoms with E-state index in [1.165, 1.54) is 0 Å². The zero-order valence-corrected chi connectivity index (χ0v) is 11.6. The number of rotatable bonds is 4. The Kier molecular flexibility index (Phi) is 4.19. The topological polar surface area (TPSA) is 47.0 Å². The number of benzene rings is 1. The van der Waals surface area contributed by atoms with E-state index in [2.05, 4.69) is 27.6 Å². The summed E-state index contributed by atoms with van der Waals surface area (Å²) in [6, 6.07) is 12.3. The Morgan fingerprint density at radius 3 is 2.39 bits per heavy atom. The van der Waals surface area contributed by atoms with Crippen molar-refractivity contribution in [3.63, 3.8) is 0 Å². The molecule has 0 fully saturated rings. The molecule has 1 heterocycles. The fourth-order valence-electron chi connectivity index (χ4n) is 1.55. The number of pyridine rings is 1. The second kappa shape index (κ2) is 5.86. The fourth-order valence-corrected chi connectivity index (χ4v) is 2.23. The van der Waals surface area contributed by atoms with Gasteiger partial charge in [0, 0.05) is 15.3 Å². The van der Waals surface area contributed by atoms with Crippen molar-refractivity contribution < 1.29 is 9.59 Å². The third-order valence-electron chi connectivity index (χ3n) is 2.45. The van der Waals surface area contributed by atoms with Crippen molar-refractivity contribution in [2.45, 2.75) is 6.42 Å². The third-order valence-corrected chi connectivity index (χ3v) is 3.39. The van der Waals surface area contributed by atoms with Crippen molar-refractivity contribution in [2.24, 2.45) is 0 Å². The van der Waals surface area contributed by atoms with Crippen LogP contribution in [-0.2, 0) is 0 Å². The van der Waals surface area contributed by atoms with Crippen LogP contribution in [0, 0.1) is 3.57 Å². The molecule has 1 aromatic carbocycles. The Balaban J connectivity index is 2.14. The van der Waals surface area contributed by atoms with Crippen molar-refractivity contribution in [3.8, 4) is 0 Å². The van der Waals surface area contributed by atoms with Crippen LogP contribution in [-0.4, -0.2) is 16.6 Å². The van der Waals surface area contributed by atoms with Gasteiger partial charge in [0.2, 0.25) is 0 Å². The van der Waals surface area contributed by atoms with Gasteiger partial charge >= 0.3 is 0 Å². The van der Waals surface area contributed by atoms with Crippen LogP contribution in [0.5, 0.6) is 0 Å². The molecular weight excluding hydrogens is 341 g/mol. The van der Waals surface area contributed by atoms with E-state index >= 15 is 0 Å². The molecule has 0 aliphatic rings. The molecule has 0 amide bonds. The van der Waals surface area contributed by atoms with Crippen LogP contribution in [0.4, 0.5) is 0 Å². The predicted molar refractivity (Wildman–Crippen MR) is 76.7 cm³/mol. The highest BCUT2D eigenvalue weighted by Gasteiger charge is 2.15. The van der Waals surface area contributed by atoms with Crippen molar-refractivity contribution in [1.82, 2.24) is 4.98 Å². The van der Waals surface area contributed by atoms with Crippen molar-refractivity contribution in [2.75, 3.05) is 0 Å². The van der Waals surface area contributed by atoms with Gasteiger partial charge in [0.05, 0.1) is 6.42 Å².